The van der Waals surface area contributed by atoms with Crippen LogP contribution in [0.2, 0.25) is 0 Å². The molecule has 4 nitrogen and oxygen atoms in total. The number of fused-ring (bicyclic) bond motifs is 1. The summed E-state index contributed by atoms with van der Waals surface area (Å²) in [6.07, 6.45) is 0. The minimum Gasteiger partial charge on any atom is -0.471 e. The molecule has 0 aliphatic heterocycles. The molecule has 0 saturated carbocycles. The molecule has 3 aromatic carbocycles. The molecule has 0 bridgehead atoms. The maximum absolute atomic E-state index is 9.40. The van der Waals surface area contributed by atoms with Crippen molar-refractivity contribution in [2.75, 3.05) is 0 Å². The summed E-state index contributed by atoms with van der Waals surface area (Å²) in [5, 5.41) is 19.1. The zero-order valence-corrected chi connectivity index (χ0v) is 14.0. The van der Waals surface area contributed by atoms with E-state index in [-0.39, 0.29) is 0 Å². The lowest BCUT2D eigenvalue weighted by Gasteiger charge is -2.10. The van der Waals surface area contributed by atoms with E-state index in [0.29, 0.717) is 18.2 Å². The van der Waals surface area contributed by atoms with E-state index in [0.717, 1.165) is 27.5 Å². The van der Waals surface area contributed by atoms with Crippen LogP contribution in [0.15, 0.2) is 78.9 Å². The number of nitriles is 1. The Morgan fingerprint density at radius 1 is 0.769 bits per heavy atom. The molecule has 0 aliphatic rings. The predicted molar refractivity (Wildman–Crippen MR) is 100 cm³/mol. The average Bonchev–Trinajstić information content (AvgIpc) is 2.73. The van der Waals surface area contributed by atoms with Crippen LogP contribution in [-0.4, -0.2) is 10.2 Å². The Morgan fingerprint density at radius 2 is 1.50 bits per heavy atom. The number of ether oxygens (including phenoxy) is 1. The summed E-state index contributed by atoms with van der Waals surface area (Å²) >= 11 is 0. The molecule has 0 N–H and O–H groups in total. The van der Waals surface area contributed by atoms with Crippen molar-refractivity contribution in [1.29, 1.82) is 5.26 Å². The molecule has 0 unspecified atom stereocenters. The molecule has 1 heterocycles. The highest BCUT2D eigenvalue weighted by molar-refractivity contribution is 5.93. The fourth-order valence-corrected chi connectivity index (χ4v) is 2.86. The van der Waals surface area contributed by atoms with Crippen LogP contribution in [0.5, 0.6) is 5.88 Å². The topological polar surface area (TPSA) is 58.8 Å². The lowest BCUT2D eigenvalue weighted by molar-refractivity contribution is 0.294. The van der Waals surface area contributed by atoms with E-state index in [1.807, 2.05) is 78.9 Å². The first-order valence-corrected chi connectivity index (χ1v) is 8.28. The van der Waals surface area contributed by atoms with E-state index in [1.54, 1.807) is 0 Å². The number of benzene rings is 3. The predicted octanol–water partition coefficient (Wildman–Crippen LogP) is 4.75. The number of nitrogens with zero attached hydrogens (tertiary/aromatic N) is 3. The summed E-state index contributed by atoms with van der Waals surface area (Å²) in [5.74, 6) is 0.433. The molecule has 26 heavy (non-hydrogen) atoms. The monoisotopic (exact) mass is 337 g/mol. The Labute approximate surface area is 151 Å². The van der Waals surface area contributed by atoms with Gasteiger partial charge >= 0.3 is 0 Å². The van der Waals surface area contributed by atoms with Crippen molar-refractivity contribution in [3.8, 4) is 23.1 Å². The summed E-state index contributed by atoms with van der Waals surface area (Å²) in [6.45, 7) is 0.400. The van der Waals surface area contributed by atoms with Crippen LogP contribution in [0.4, 0.5) is 0 Å². The van der Waals surface area contributed by atoms with Gasteiger partial charge in [-0.15, -0.1) is 10.2 Å². The van der Waals surface area contributed by atoms with Gasteiger partial charge in [0.1, 0.15) is 12.7 Å². The smallest absolute Gasteiger partial charge is 0.241 e. The summed E-state index contributed by atoms with van der Waals surface area (Å²) in [5.41, 5.74) is 3.45. The molecule has 4 heteroatoms. The Balaban J connectivity index is 1.75. The van der Waals surface area contributed by atoms with E-state index < -0.39 is 0 Å². The van der Waals surface area contributed by atoms with Gasteiger partial charge < -0.3 is 4.74 Å². The molecule has 4 rings (SSSR count). The van der Waals surface area contributed by atoms with E-state index in [1.165, 1.54) is 0 Å². The molecule has 0 atom stereocenters. The van der Waals surface area contributed by atoms with Crippen molar-refractivity contribution in [2.24, 2.45) is 0 Å². The van der Waals surface area contributed by atoms with Gasteiger partial charge in [0.2, 0.25) is 5.88 Å². The molecular formula is C22H15N3O. The lowest BCUT2D eigenvalue weighted by Crippen LogP contribution is -2.01. The third kappa shape index (κ3) is 3.11. The summed E-state index contributed by atoms with van der Waals surface area (Å²) in [6, 6.07) is 27.9. The van der Waals surface area contributed by atoms with Gasteiger partial charge in [-0.25, -0.2) is 0 Å². The van der Waals surface area contributed by atoms with E-state index in [4.69, 9.17) is 4.74 Å². The SMILES string of the molecule is N#Cc1nnc(OCc2ccccc2)c2ccc(-c3ccccc3)cc12. The average molecular weight is 337 g/mol. The maximum Gasteiger partial charge on any atom is 0.241 e. The molecule has 4 aromatic rings. The minimum absolute atomic E-state index is 0.296. The third-order valence-electron chi connectivity index (χ3n) is 4.18. The van der Waals surface area contributed by atoms with Crippen LogP contribution in [0, 0.1) is 11.3 Å². The molecule has 0 aliphatic carbocycles. The molecular weight excluding hydrogens is 322 g/mol. The van der Waals surface area contributed by atoms with Gasteiger partial charge in [0.25, 0.3) is 0 Å². The Bertz CT molecular complexity index is 1090. The highest BCUT2D eigenvalue weighted by Crippen LogP contribution is 2.30. The quantitative estimate of drug-likeness (QED) is 0.539. The van der Waals surface area contributed by atoms with E-state index >= 15 is 0 Å². The van der Waals surface area contributed by atoms with Gasteiger partial charge in [-0.05, 0) is 28.8 Å². The third-order valence-corrected chi connectivity index (χ3v) is 4.18. The molecule has 0 radical (unpaired) electrons. The minimum atomic E-state index is 0.296. The summed E-state index contributed by atoms with van der Waals surface area (Å²) in [4.78, 5) is 0. The fourth-order valence-electron chi connectivity index (χ4n) is 2.86. The van der Waals surface area contributed by atoms with Crippen LogP contribution >= 0.6 is 0 Å². The second kappa shape index (κ2) is 7.04. The Kier molecular flexibility index (Phi) is 4.28. The highest BCUT2D eigenvalue weighted by atomic mass is 16.5. The van der Waals surface area contributed by atoms with Gasteiger partial charge in [-0.3, -0.25) is 0 Å². The second-order valence-corrected chi connectivity index (χ2v) is 5.87. The zero-order valence-electron chi connectivity index (χ0n) is 14.0. The molecule has 124 valence electrons. The number of hydrogen-bond acceptors (Lipinski definition) is 4. The van der Waals surface area contributed by atoms with Crippen LogP contribution in [0.3, 0.4) is 0 Å². The van der Waals surface area contributed by atoms with Crippen molar-refractivity contribution in [2.45, 2.75) is 6.61 Å². The molecule has 0 fully saturated rings. The zero-order chi connectivity index (χ0) is 17.8. The Morgan fingerprint density at radius 3 is 2.23 bits per heavy atom. The molecule has 0 spiro atoms. The normalized spacial score (nSPS) is 10.4. The van der Waals surface area contributed by atoms with E-state index in [9.17, 15) is 5.26 Å². The van der Waals surface area contributed by atoms with E-state index in [2.05, 4.69) is 16.3 Å². The first-order valence-electron chi connectivity index (χ1n) is 8.28. The summed E-state index contributed by atoms with van der Waals surface area (Å²) < 4.78 is 5.87. The first kappa shape index (κ1) is 15.8. The van der Waals surface area contributed by atoms with Crippen molar-refractivity contribution >= 4 is 10.8 Å². The van der Waals surface area contributed by atoms with Crippen LogP contribution in [-0.2, 0) is 6.61 Å². The van der Waals surface area contributed by atoms with Gasteiger partial charge in [-0.2, -0.15) is 5.26 Å². The molecule has 0 amide bonds. The number of hydrogen-bond donors (Lipinski definition) is 0. The Hall–Kier alpha value is -3.71. The maximum atomic E-state index is 9.40. The van der Waals surface area contributed by atoms with Gasteiger partial charge in [0.15, 0.2) is 5.69 Å². The molecule has 1 aromatic heterocycles. The van der Waals surface area contributed by atoms with Crippen LogP contribution < -0.4 is 4.74 Å². The van der Waals surface area contributed by atoms with Crippen molar-refractivity contribution in [1.82, 2.24) is 10.2 Å². The van der Waals surface area contributed by atoms with Gasteiger partial charge in [-0.1, -0.05) is 66.7 Å². The molecule has 0 saturated heterocycles. The van der Waals surface area contributed by atoms with Crippen LogP contribution in [0.25, 0.3) is 21.9 Å². The highest BCUT2D eigenvalue weighted by Gasteiger charge is 2.12. The lowest BCUT2D eigenvalue weighted by atomic mass is 10.0. The standard InChI is InChI=1S/C22H15N3O/c23-14-21-20-13-18(17-9-5-2-6-10-17)11-12-19(20)22(25-24-21)26-15-16-7-3-1-4-8-16/h1-13H,15H2. The van der Waals surface area contributed by atoms with Crippen molar-refractivity contribution in [3.63, 3.8) is 0 Å². The largest absolute Gasteiger partial charge is 0.471 e. The number of rotatable bonds is 4. The second-order valence-electron chi connectivity index (χ2n) is 5.87. The van der Waals surface area contributed by atoms with Gasteiger partial charge in [0, 0.05) is 10.8 Å². The van der Waals surface area contributed by atoms with Crippen LogP contribution in [0.1, 0.15) is 11.3 Å². The number of aromatic nitrogens is 2. The first-order chi connectivity index (χ1) is 12.8. The fraction of sp³-hybridized carbons (Fsp3) is 0.0455. The van der Waals surface area contributed by atoms with Crippen molar-refractivity contribution < 1.29 is 4.74 Å². The van der Waals surface area contributed by atoms with Gasteiger partial charge in [0.05, 0.1) is 0 Å². The van der Waals surface area contributed by atoms with Crippen molar-refractivity contribution in [3.05, 3.63) is 90.1 Å². The summed E-state index contributed by atoms with van der Waals surface area (Å²) in [7, 11) is 0.